The molecule has 2 rings (SSSR count). The van der Waals surface area contributed by atoms with Gasteiger partial charge in [-0.2, -0.15) is 4.31 Å². The van der Waals surface area contributed by atoms with Gasteiger partial charge in [0.05, 0.1) is 5.69 Å². The Balaban J connectivity index is 2.16. The minimum Gasteiger partial charge on any atom is -0.384 e. The molecule has 21 heavy (non-hydrogen) atoms. The third-order valence-corrected chi connectivity index (χ3v) is 5.97. The summed E-state index contributed by atoms with van der Waals surface area (Å²) in [6, 6.07) is 1.72. The van der Waals surface area contributed by atoms with Gasteiger partial charge in [-0.05, 0) is 31.7 Å². The highest BCUT2D eigenvalue weighted by Gasteiger charge is 2.30. The van der Waals surface area contributed by atoms with E-state index in [9.17, 15) is 8.42 Å². The fourth-order valence-electron chi connectivity index (χ4n) is 2.91. The van der Waals surface area contributed by atoms with Crippen LogP contribution in [-0.4, -0.2) is 37.3 Å². The molecule has 1 N–H and O–H groups in total. The molecule has 6 heteroatoms. The molecule has 1 aliphatic heterocycles. The quantitative estimate of drug-likeness (QED) is 0.877. The average Bonchev–Trinajstić information content (AvgIpc) is 2.49. The second-order valence-corrected chi connectivity index (χ2v) is 7.44. The van der Waals surface area contributed by atoms with Gasteiger partial charge in [0, 0.05) is 32.0 Å². The number of nitrogens with zero attached hydrogens (tertiary/aromatic N) is 2. The summed E-state index contributed by atoms with van der Waals surface area (Å²) in [7, 11) is -3.44. The van der Waals surface area contributed by atoms with E-state index < -0.39 is 10.0 Å². The first-order chi connectivity index (χ1) is 10.1. The van der Waals surface area contributed by atoms with Crippen molar-refractivity contribution in [2.45, 2.75) is 44.4 Å². The number of rotatable bonds is 6. The molecule has 0 saturated carbocycles. The second-order valence-electron chi connectivity index (χ2n) is 5.54. The largest absolute Gasteiger partial charge is 0.384 e. The van der Waals surface area contributed by atoms with Crippen LogP contribution in [-0.2, 0) is 10.0 Å². The summed E-state index contributed by atoms with van der Waals surface area (Å²) < 4.78 is 27.2. The van der Waals surface area contributed by atoms with Crippen LogP contribution in [0, 0.1) is 5.92 Å². The van der Waals surface area contributed by atoms with E-state index in [2.05, 4.69) is 17.2 Å². The summed E-state index contributed by atoms with van der Waals surface area (Å²) in [6.45, 7) is 6.06. The maximum Gasteiger partial charge on any atom is 0.246 e. The number of nitrogens with one attached hydrogen (secondary N) is 1. The summed E-state index contributed by atoms with van der Waals surface area (Å²) in [6.07, 6.45) is 7.36. The Labute approximate surface area is 127 Å². The third-order valence-electron chi connectivity index (χ3n) is 4.04. The Morgan fingerprint density at radius 1 is 1.33 bits per heavy atom. The Hall–Kier alpha value is -1.14. The zero-order valence-electron chi connectivity index (χ0n) is 12.9. The van der Waals surface area contributed by atoms with Gasteiger partial charge in [0.2, 0.25) is 10.0 Å². The number of pyridine rings is 1. The fraction of sp³-hybridized carbons (Fsp3) is 0.667. The van der Waals surface area contributed by atoms with Crippen molar-refractivity contribution < 1.29 is 8.42 Å². The molecule has 1 saturated heterocycles. The molecule has 5 nitrogen and oxygen atoms in total. The lowest BCUT2D eigenvalue weighted by Gasteiger charge is -2.31. The summed E-state index contributed by atoms with van der Waals surface area (Å²) in [5.41, 5.74) is 0.642. The highest BCUT2D eigenvalue weighted by molar-refractivity contribution is 7.89. The van der Waals surface area contributed by atoms with Crippen LogP contribution in [0.25, 0.3) is 0 Å². The normalized spacial score (nSPS) is 17.8. The zero-order chi connectivity index (χ0) is 15.3. The van der Waals surface area contributed by atoms with Crippen molar-refractivity contribution in [3.63, 3.8) is 0 Å². The smallest absolute Gasteiger partial charge is 0.246 e. The van der Waals surface area contributed by atoms with E-state index >= 15 is 0 Å². The lowest BCUT2D eigenvalue weighted by atomic mass is 9.94. The van der Waals surface area contributed by atoms with Crippen molar-refractivity contribution in [2.24, 2.45) is 5.92 Å². The molecule has 0 aromatic carbocycles. The SMILES string of the molecule is CCCC1CCN(S(=O)(=O)c2cnccc2NCC)CC1. The number of hydrogen-bond acceptors (Lipinski definition) is 4. The van der Waals surface area contributed by atoms with Gasteiger partial charge >= 0.3 is 0 Å². The molecule has 1 aliphatic rings. The lowest BCUT2D eigenvalue weighted by Crippen LogP contribution is -2.38. The van der Waals surface area contributed by atoms with Crippen LogP contribution >= 0.6 is 0 Å². The average molecular weight is 311 g/mol. The van der Waals surface area contributed by atoms with Gasteiger partial charge < -0.3 is 5.32 Å². The van der Waals surface area contributed by atoms with Gasteiger partial charge in [-0.25, -0.2) is 8.42 Å². The number of piperidine rings is 1. The van der Waals surface area contributed by atoms with E-state index in [0.717, 1.165) is 12.8 Å². The van der Waals surface area contributed by atoms with Crippen LogP contribution in [0.1, 0.15) is 39.5 Å². The summed E-state index contributed by atoms with van der Waals surface area (Å²) >= 11 is 0. The van der Waals surface area contributed by atoms with Gasteiger partial charge in [-0.3, -0.25) is 4.98 Å². The summed E-state index contributed by atoms with van der Waals surface area (Å²) in [4.78, 5) is 4.28. The van der Waals surface area contributed by atoms with E-state index in [0.29, 0.717) is 36.1 Å². The van der Waals surface area contributed by atoms with Crippen LogP contribution in [0.2, 0.25) is 0 Å². The van der Waals surface area contributed by atoms with Crippen LogP contribution in [0.4, 0.5) is 5.69 Å². The maximum atomic E-state index is 12.8. The summed E-state index contributed by atoms with van der Waals surface area (Å²) in [5, 5.41) is 3.10. The van der Waals surface area contributed by atoms with Crippen molar-refractivity contribution in [1.29, 1.82) is 0 Å². The lowest BCUT2D eigenvalue weighted by molar-refractivity contribution is 0.262. The number of sulfonamides is 1. The molecule has 0 bridgehead atoms. The van der Waals surface area contributed by atoms with E-state index in [4.69, 9.17) is 0 Å². The molecule has 1 fully saturated rings. The van der Waals surface area contributed by atoms with Crippen molar-refractivity contribution in [2.75, 3.05) is 25.0 Å². The van der Waals surface area contributed by atoms with E-state index in [1.165, 1.54) is 19.0 Å². The molecule has 118 valence electrons. The van der Waals surface area contributed by atoms with Gasteiger partial charge in [-0.1, -0.05) is 19.8 Å². The molecule has 0 atom stereocenters. The van der Waals surface area contributed by atoms with Gasteiger partial charge in [0.15, 0.2) is 0 Å². The minimum absolute atomic E-state index is 0.292. The molecular formula is C15H25N3O2S. The molecule has 1 aromatic heterocycles. The molecule has 0 aliphatic carbocycles. The molecule has 2 heterocycles. The van der Waals surface area contributed by atoms with E-state index in [1.807, 2.05) is 6.92 Å². The minimum atomic E-state index is -3.44. The Bertz CT molecular complexity index is 552. The fourth-order valence-corrected chi connectivity index (χ4v) is 4.49. The van der Waals surface area contributed by atoms with Gasteiger partial charge in [0.1, 0.15) is 4.90 Å². The molecule has 0 spiro atoms. The summed E-state index contributed by atoms with van der Waals surface area (Å²) in [5.74, 6) is 0.670. The predicted octanol–water partition coefficient (Wildman–Crippen LogP) is 2.71. The second kappa shape index (κ2) is 7.22. The first kappa shape index (κ1) is 16.2. The van der Waals surface area contributed by atoms with Crippen LogP contribution in [0.5, 0.6) is 0 Å². The van der Waals surface area contributed by atoms with Crippen molar-refractivity contribution in [3.05, 3.63) is 18.5 Å². The predicted molar refractivity (Wildman–Crippen MR) is 84.8 cm³/mol. The Morgan fingerprint density at radius 3 is 2.67 bits per heavy atom. The first-order valence-corrected chi connectivity index (χ1v) is 9.21. The Kier molecular flexibility index (Phi) is 5.58. The monoisotopic (exact) mass is 311 g/mol. The van der Waals surface area contributed by atoms with Crippen LogP contribution in [0.3, 0.4) is 0 Å². The topological polar surface area (TPSA) is 62.3 Å². The standard InChI is InChI=1S/C15H25N3O2S/c1-3-5-13-7-10-18(11-8-13)21(19,20)15-12-16-9-6-14(15)17-4-2/h6,9,12-13H,3-5,7-8,10-11H2,1-2H3,(H,16,17). The van der Waals surface area contributed by atoms with Gasteiger partial charge in [0.25, 0.3) is 0 Å². The third kappa shape index (κ3) is 3.74. The van der Waals surface area contributed by atoms with Crippen LogP contribution < -0.4 is 5.32 Å². The molecular weight excluding hydrogens is 286 g/mol. The van der Waals surface area contributed by atoms with Crippen LogP contribution in [0.15, 0.2) is 23.4 Å². The molecule has 0 unspecified atom stereocenters. The number of anilines is 1. The van der Waals surface area contributed by atoms with Crippen molar-refractivity contribution in [3.8, 4) is 0 Å². The molecule has 0 radical (unpaired) electrons. The zero-order valence-corrected chi connectivity index (χ0v) is 13.7. The first-order valence-electron chi connectivity index (χ1n) is 7.77. The highest BCUT2D eigenvalue weighted by atomic mass is 32.2. The number of aromatic nitrogens is 1. The van der Waals surface area contributed by atoms with E-state index in [1.54, 1.807) is 16.6 Å². The van der Waals surface area contributed by atoms with Gasteiger partial charge in [-0.15, -0.1) is 0 Å². The van der Waals surface area contributed by atoms with Crippen molar-refractivity contribution in [1.82, 2.24) is 9.29 Å². The Morgan fingerprint density at radius 2 is 2.05 bits per heavy atom. The van der Waals surface area contributed by atoms with Crippen molar-refractivity contribution >= 4 is 15.7 Å². The highest BCUT2D eigenvalue weighted by Crippen LogP contribution is 2.29. The molecule has 0 amide bonds. The number of hydrogen-bond donors (Lipinski definition) is 1. The molecule has 1 aromatic rings. The van der Waals surface area contributed by atoms with E-state index in [-0.39, 0.29) is 0 Å². The maximum absolute atomic E-state index is 12.8.